The minimum Gasteiger partial charge on any atom is -0.456 e. The predicted molar refractivity (Wildman–Crippen MR) is 150 cm³/mol. The number of Topliss-reactive ketones (excluding diaryl/α,β-unsaturated/α-hetero) is 1. The van der Waals surface area contributed by atoms with Crippen LogP contribution in [0.25, 0.3) is 0 Å². The van der Waals surface area contributed by atoms with Crippen molar-refractivity contribution in [3.8, 4) is 0 Å². The third-order valence-corrected chi connectivity index (χ3v) is 10.4. The Morgan fingerprint density at radius 1 is 1.15 bits per heavy atom. The van der Waals surface area contributed by atoms with Crippen molar-refractivity contribution in [2.75, 3.05) is 39.8 Å². The Balaban J connectivity index is 0.00000420. The molecule has 2 saturated heterocycles. The van der Waals surface area contributed by atoms with Crippen LogP contribution >= 0.6 is 12.4 Å². The summed E-state index contributed by atoms with van der Waals surface area (Å²) in [5, 5.41) is 35.7. The van der Waals surface area contributed by atoms with E-state index in [0.29, 0.717) is 19.3 Å². The monoisotopic (exact) mass is 572 g/mol. The molecule has 0 radical (unpaired) electrons. The molecule has 2 aliphatic carbocycles. The first kappa shape index (κ1) is 32.4. The first-order valence-corrected chi connectivity index (χ1v) is 14.1. The molecule has 0 amide bonds. The summed E-state index contributed by atoms with van der Waals surface area (Å²) in [4.78, 5) is 31.7. The zero-order chi connectivity index (χ0) is 28.3. The molecular weight excluding hydrogens is 524 g/mol. The molecule has 2 aliphatic heterocycles. The molecule has 0 aromatic heterocycles. The van der Waals surface area contributed by atoms with E-state index in [1.807, 2.05) is 13.8 Å². The number of ketones is 1. The van der Waals surface area contributed by atoms with E-state index >= 15 is 0 Å². The summed E-state index contributed by atoms with van der Waals surface area (Å²) in [6.07, 6.45) is -0.567. The first-order valence-electron chi connectivity index (χ1n) is 14.1. The normalized spacial score (nSPS) is 44.5. The molecular formula is C29H49ClN2O7. The third-order valence-electron chi connectivity index (χ3n) is 10.4. The van der Waals surface area contributed by atoms with Gasteiger partial charge in [-0.3, -0.25) is 9.59 Å². The van der Waals surface area contributed by atoms with E-state index in [4.69, 9.17) is 9.47 Å². The Labute approximate surface area is 239 Å². The smallest absolute Gasteiger partial charge is 0.306 e. The maximum atomic E-state index is 13.9. The second kappa shape index (κ2) is 11.0. The average molecular weight is 573 g/mol. The Hall–Kier alpha value is -1.07. The van der Waals surface area contributed by atoms with Gasteiger partial charge in [-0.1, -0.05) is 26.8 Å². The van der Waals surface area contributed by atoms with Crippen LogP contribution in [0.15, 0.2) is 12.7 Å². The number of rotatable bonds is 6. The molecule has 39 heavy (non-hydrogen) atoms. The summed E-state index contributed by atoms with van der Waals surface area (Å²) < 4.78 is 12.4. The lowest BCUT2D eigenvalue weighted by atomic mass is 9.40. The van der Waals surface area contributed by atoms with Gasteiger partial charge in [0.1, 0.15) is 5.60 Å². The quantitative estimate of drug-likeness (QED) is 0.324. The van der Waals surface area contributed by atoms with Gasteiger partial charge in [0.15, 0.2) is 17.5 Å². The maximum Gasteiger partial charge on any atom is 0.306 e. The van der Waals surface area contributed by atoms with Crippen molar-refractivity contribution >= 4 is 24.2 Å². The maximum absolute atomic E-state index is 13.9. The van der Waals surface area contributed by atoms with E-state index in [1.165, 1.54) is 13.0 Å². The van der Waals surface area contributed by atoms with E-state index < -0.39 is 63.6 Å². The summed E-state index contributed by atoms with van der Waals surface area (Å²) in [7, 11) is 2.10. The van der Waals surface area contributed by atoms with E-state index in [2.05, 4.69) is 23.4 Å². The minimum absolute atomic E-state index is 0. The van der Waals surface area contributed by atoms with Crippen LogP contribution in [0.3, 0.4) is 0 Å². The fraction of sp³-hybridized carbons (Fsp3) is 0.862. The Morgan fingerprint density at radius 3 is 2.36 bits per heavy atom. The second-order valence-corrected chi connectivity index (χ2v) is 13.5. The Bertz CT molecular complexity index is 956. The van der Waals surface area contributed by atoms with Crippen LogP contribution in [0.1, 0.15) is 66.7 Å². The summed E-state index contributed by atoms with van der Waals surface area (Å²) in [6, 6.07) is 0. The van der Waals surface area contributed by atoms with Crippen LogP contribution in [0.4, 0.5) is 0 Å². The highest BCUT2D eigenvalue weighted by molar-refractivity contribution is 5.92. The molecule has 9 nitrogen and oxygen atoms in total. The standard InChI is InChI=1S/C29H48N2O7.ClH/c1-8-26(4)18-20(33)29(36)27(5)19(32)11-12-25(2,3)23(27)22(35)24(28(29,6)38-26)37-21(34)10-9-13-31-16-14-30(7)15-17-31;/h8,19,22-24,32,35-36H,1,9-18H2,2-7H3;1H/t19-,22-,23-,24-,26-,27-,28+,29-;/m0./s1. The number of likely N-dealkylation sites (N-methyl/N-ethyl adjacent to an activating group) is 1. The summed E-state index contributed by atoms with van der Waals surface area (Å²) in [6.45, 7) is 17.3. The van der Waals surface area contributed by atoms with Gasteiger partial charge >= 0.3 is 5.97 Å². The van der Waals surface area contributed by atoms with Gasteiger partial charge in [0.05, 0.1) is 17.8 Å². The highest BCUT2D eigenvalue weighted by atomic mass is 35.5. The average Bonchev–Trinajstić information content (AvgIpc) is 2.83. The van der Waals surface area contributed by atoms with Crippen LogP contribution in [0, 0.1) is 16.7 Å². The van der Waals surface area contributed by atoms with Crippen molar-refractivity contribution in [2.24, 2.45) is 16.7 Å². The van der Waals surface area contributed by atoms with E-state index in [0.717, 1.165) is 32.7 Å². The number of piperazine rings is 1. The molecule has 0 unspecified atom stereocenters. The van der Waals surface area contributed by atoms with Gasteiger partial charge in [-0.05, 0) is 52.1 Å². The fourth-order valence-corrected chi connectivity index (χ4v) is 8.20. The number of aliphatic hydroxyl groups is 3. The topological polar surface area (TPSA) is 120 Å². The van der Waals surface area contributed by atoms with E-state index in [9.17, 15) is 24.9 Å². The number of fused-ring (bicyclic) bond motifs is 3. The number of aliphatic hydroxyl groups excluding tert-OH is 2. The van der Waals surface area contributed by atoms with Crippen molar-refractivity contribution in [2.45, 2.75) is 102 Å². The van der Waals surface area contributed by atoms with Crippen molar-refractivity contribution in [3.63, 3.8) is 0 Å². The molecule has 4 rings (SSSR count). The van der Waals surface area contributed by atoms with Gasteiger partial charge in [-0.15, -0.1) is 19.0 Å². The van der Waals surface area contributed by atoms with Gasteiger partial charge in [0.2, 0.25) is 0 Å². The SMILES string of the molecule is C=C[C@@]1(C)CC(=O)[C@]2(O)[C@@]3(C)[C@@H](O)CCC(C)(C)[C@@H]3[C@H](O)[C@H](OC(=O)CCCN3CCN(C)CC3)[C@@]2(C)O1.Cl. The number of carbonyl (C=O) groups is 2. The Kier molecular flexibility index (Phi) is 9.12. The van der Waals surface area contributed by atoms with Gasteiger partial charge in [0.25, 0.3) is 0 Å². The number of nitrogens with zero attached hydrogens (tertiary/aromatic N) is 2. The largest absolute Gasteiger partial charge is 0.456 e. The van der Waals surface area contributed by atoms with E-state index in [1.54, 1.807) is 13.8 Å². The van der Waals surface area contributed by atoms with Gasteiger partial charge in [-0.25, -0.2) is 0 Å². The number of carbonyl (C=O) groups excluding carboxylic acids is 2. The lowest BCUT2D eigenvalue weighted by molar-refractivity contribution is -0.370. The molecule has 2 heterocycles. The third kappa shape index (κ3) is 5.00. The highest BCUT2D eigenvalue weighted by Crippen LogP contribution is 2.67. The molecule has 4 fully saturated rings. The summed E-state index contributed by atoms with van der Waals surface area (Å²) in [5.74, 6) is -1.73. The van der Waals surface area contributed by atoms with Crippen LogP contribution in [0.5, 0.6) is 0 Å². The van der Waals surface area contributed by atoms with Crippen LogP contribution < -0.4 is 0 Å². The molecule has 0 bridgehead atoms. The van der Waals surface area contributed by atoms with E-state index in [-0.39, 0.29) is 25.2 Å². The minimum atomic E-state index is -2.20. The second-order valence-electron chi connectivity index (χ2n) is 13.5. The number of ether oxygens (including phenoxy) is 2. The number of hydrogen-bond donors (Lipinski definition) is 3. The van der Waals surface area contributed by atoms with Crippen LogP contribution in [-0.2, 0) is 19.1 Å². The molecule has 0 aromatic rings. The fourth-order valence-electron chi connectivity index (χ4n) is 8.20. The molecule has 3 N–H and O–H groups in total. The Morgan fingerprint density at radius 2 is 1.77 bits per heavy atom. The molecule has 10 heteroatoms. The molecule has 224 valence electrons. The predicted octanol–water partition coefficient (Wildman–Crippen LogP) is 1.95. The van der Waals surface area contributed by atoms with Gasteiger partial charge < -0.3 is 34.6 Å². The molecule has 0 spiro atoms. The summed E-state index contributed by atoms with van der Waals surface area (Å²) >= 11 is 0. The van der Waals surface area contributed by atoms with Crippen LogP contribution in [0.2, 0.25) is 0 Å². The highest BCUT2D eigenvalue weighted by Gasteiger charge is 2.81. The zero-order valence-electron chi connectivity index (χ0n) is 24.4. The van der Waals surface area contributed by atoms with Crippen molar-refractivity contribution < 1.29 is 34.4 Å². The zero-order valence-corrected chi connectivity index (χ0v) is 25.3. The van der Waals surface area contributed by atoms with Crippen molar-refractivity contribution in [1.29, 1.82) is 0 Å². The molecule has 2 saturated carbocycles. The lowest BCUT2D eigenvalue weighted by Crippen LogP contribution is -2.86. The molecule has 8 atom stereocenters. The number of esters is 1. The van der Waals surface area contributed by atoms with Crippen molar-refractivity contribution in [3.05, 3.63) is 12.7 Å². The summed E-state index contributed by atoms with van der Waals surface area (Å²) in [5.41, 5.74) is -7.11. The number of hydrogen-bond acceptors (Lipinski definition) is 9. The first-order chi connectivity index (χ1) is 17.6. The lowest BCUT2D eigenvalue weighted by Gasteiger charge is -2.71. The molecule has 4 aliphatic rings. The molecule has 0 aromatic carbocycles. The van der Waals surface area contributed by atoms with Crippen molar-refractivity contribution in [1.82, 2.24) is 9.80 Å². The van der Waals surface area contributed by atoms with Crippen LogP contribution in [-0.4, -0.2) is 112 Å². The van der Waals surface area contributed by atoms with Gasteiger partial charge in [0, 0.05) is 50.4 Å². The number of halogens is 1. The van der Waals surface area contributed by atoms with Gasteiger partial charge in [-0.2, -0.15) is 0 Å².